The molecule has 0 unspecified atom stereocenters. The smallest absolute Gasteiger partial charge is 0.272 e. The second-order valence-corrected chi connectivity index (χ2v) is 5.95. The molecule has 0 saturated heterocycles. The summed E-state index contributed by atoms with van der Waals surface area (Å²) in [6, 6.07) is 13.1. The number of rotatable bonds is 6. The van der Waals surface area contributed by atoms with Gasteiger partial charge >= 0.3 is 0 Å². The summed E-state index contributed by atoms with van der Waals surface area (Å²) in [5.74, 6) is 0. The van der Waals surface area contributed by atoms with Crippen LogP contribution in [0.15, 0.2) is 42.5 Å². The van der Waals surface area contributed by atoms with Gasteiger partial charge in [0.25, 0.3) is 5.69 Å². The molecule has 21 heavy (non-hydrogen) atoms. The van der Waals surface area contributed by atoms with E-state index in [9.17, 15) is 10.1 Å². The Hall–Kier alpha value is -1.63. The number of benzene rings is 2. The summed E-state index contributed by atoms with van der Waals surface area (Å²) >= 11 is 2.25. The first-order chi connectivity index (χ1) is 10.1. The van der Waals surface area contributed by atoms with E-state index in [0.29, 0.717) is 0 Å². The lowest BCUT2D eigenvalue weighted by Gasteiger charge is -2.10. The van der Waals surface area contributed by atoms with Crippen molar-refractivity contribution in [3.63, 3.8) is 0 Å². The fourth-order valence-electron chi connectivity index (χ4n) is 2.08. The topological polar surface area (TPSA) is 55.2 Å². The van der Waals surface area contributed by atoms with E-state index in [1.807, 2.05) is 30.3 Å². The number of anilines is 1. The molecule has 0 aliphatic rings. The minimum atomic E-state index is -0.343. The van der Waals surface area contributed by atoms with E-state index in [0.717, 1.165) is 39.8 Å². The Labute approximate surface area is 137 Å². The van der Waals surface area contributed by atoms with Gasteiger partial charge in [0.15, 0.2) is 0 Å². The Kier molecular flexibility index (Phi) is 5.55. The highest BCUT2D eigenvalue weighted by Crippen LogP contribution is 2.31. The van der Waals surface area contributed by atoms with Crippen molar-refractivity contribution in [2.45, 2.75) is 19.8 Å². The quantitative estimate of drug-likeness (QED) is 0.321. The molecule has 0 aliphatic carbocycles. The zero-order valence-electron chi connectivity index (χ0n) is 11.8. The molecule has 0 fully saturated rings. The van der Waals surface area contributed by atoms with Crippen LogP contribution in [0.3, 0.4) is 0 Å². The SMILES string of the molecule is CCCCNc1cc(-c2ccccc2I)cc([N+](=O)[O-])c1. The minimum absolute atomic E-state index is 0.117. The third-order valence-corrected chi connectivity index (χ3v) is 4.11. The van der Waals surface area contributed by atoms with Crippen LogP contribution in [0.2, 0.25) is 0 Å². The normalized spacial score (nSPS) is 10.4. The number of nitrogens with zero attached hydrogens (tertiary/aromatic N) is 1. The Morgan fingerprint density at radius 2 is 2.00 bits per heavy atom. The van der Waals surface area contributed by atoms with Gasteiger partial charge < -0.3 is 5.32 Å². The highest BCUT2D eigenvalue weighted by atomic mass is 127. The zero-order chi connectivity index (χ0) is 15.2. The average molecular weight is 396 g/mol. The van der Waals surface area contributed by atoms with Gasteiger partial charge in [0.05, 0.1) is 4.92 Å². The van der Waals surface area contributed by atoms with Gasteiger partial charge in [-0.05, 0) is 52.3 Å². The van der Waals surface area contributed by atoms with Crippen molar-refractivity contribution in [3.05, 3.63) is 56.1 Å². The molecule has 0 saturated carbocycles. The number of nitro benzene ring substituents is 1. The number of nitrogens with one attached hydrogen (secondary N) is 1. The van der Waals surface area contributed by atoms with Crippen molar-refractivity contribution in [1.82, 2.24) is 0 Å². The summed E-state index contributed by atoms with van der Waals surface area (Å²) < 4.78 is 1.08. The Bertz CT molecular complexity index is 644. The second-order valence-electron chi connectivity index (χ2n) is 4.79. The molecule has 0 spiro atoms. The molecule has 2 rings (SSSR count). The molecule has 110 valence electrons. The maximum absolute atomic E-state index is 11.1. The van der Waals surface area contributed by atoms with Gasteiger partial charge in [-0.15, -0.1) is 0 Å². The lowest BCUT2D eigenvalue weighted by molar-refractivity contribution is -0.384. The van der Waals surface area contributed by atoms with E-state index in [-0.39, 0.29) is 10.6 Å². The predicted molar refractivity (Wildman–Crippen MR) is 94.6 cm³/mol. The van der Waals surface area contributed by atoms with Crippen LogP contribution in [0.5, 0.6) is 0 Å². The average Bonchev–Trinajstić information content (AvgIpc) is 2.47. The summed E-state index contributed by atoms with van der Waals surface area (Å²) in [6.07, 6.45) is 2.13. The van der Waals surface area contributed by atoms with Gasteiger partial charge in [0.2, 0.25) is 0 Å². The Morgan fingerprint density at radius 3 is 2.67 bits per heavy atom. The van der Waals surface area contributed by atoms with Crippen LogP contribution in [0.4, 0.5) is 11.4 Å². The van der Waals surface area contributed by atoms with Gasteiger partial charge in [0, 0.05) is 27.9 Å². The molecule has 2 aromatic rings. The predicted octanol–water partition coefficient (Wildman–Crippen LogP) is 5.08. The number of nitro groups is 1. The number of non-ortho nitro benzene ring substituents is 1. The van der Waals surface area contributed by atoms with E-state index in [4.69, 9.17) is 0 Å². The summed E-state index contributed by atoms with van der Waals surface area (Å²) in [7, 11) is 0. The maximum atomic E-state index is 11.1. The molecular formula is C16H17IN2O2. The monoisotopic (exact) mass is 396 g/mol. The Balaban J connectivity index is 2.40. The first kappa shape index (κ1) is 15.8. The van der Waals surface area contributed by atoms with E-state index in [1.54, 1.807) is 12.1 Å². The molecule has 4 nitrogen and oxygen atoms in total. The van der Waals surface area contributed by atoms with Gasteiger partial charge in [-0.3, -0.25) is 10.1 Å². The fourth-order valence-corrected chi connectivity index (χ4v) is 2.78. The third-order valence-electron chi connectivity index (χ3n) is 3.17. The summed E-state index contributed by atoms with van der Waals surface area (Å²) in [5, 5.41) is 14.4. The largest absolute Gasteiger partial charge is 0.385 e. The van der Waals surface area contributed by atoms with Crippen LogP contribution >= 0.6 is 22.6 Å². The van der Waals surface area contributed by atoms with E-state index >= 15 is 0 Å². The van der Waals surface area contributed by atoms with Crippen molar-refractivity contribution in [2.75, 3.05) is 11.9 Å². The van der Waals surface area contributed by atoms with Crippen LogP contribution in [-0.4, -0.2) is 11.5 Å². The zero-order valence-corrected chi connectivity index (χ0v) is 14.0. The van der Waals surface area contributed by atoms with Crippen LogP contribution in [0, 0.1) is 13.7 Å². The first-order valence-electron chi connectivity index (χ1n) is 6.90. The van der Waals surface area contributed by atoms with Crippen molar-refractivity contribution in [2.24, 2.45) is 0 Å². The van der Waals surface area contributed by atoms with Crippen molar-refractivity contribution < 1.29 is 4.92 Å². The number of halogens is 1. The Morgan fingerprint density at radius 1 is 1.24 bits per heavy atom. The van der Waals surface area contributed by atoms with Gasteiger partial charge in [-0.2, -0.15) is 0 Å². The maximum Gasteiger partial charge on any atom is 0.272 e. The van der Waals surface area contributed by atoms with Crippen LogP contribution < -0.4 is 5.32 Å². The fraction of sp³-hybridized carbons (Fsp3) is 0.250. The third kappa shape index (κ3) is 4.17. The molecule has 1 N–H and O–H groups in total. The summed E-state index contributed by atoms with van der Waals surface area (Å²) in [6.45, 7) is 2.94. The molecule has 5 heteroatoms. The minimum Gasteiger partial charge on any atom is -0.385 e. The van der Waals surface area contributed by atoms with Crippen LogP contribution in [0.25, 0.3) is 11.1 Å². The van der Waals surface area contributed by atoms with Gasteiger partial charge in [-0.1, -0.05) is 31.5 Å². The van der Waals surface area contributed by atoms with E-state index in [1.165, 1.54) is 0 Å². The molecular weight excluding hydrogens is 379 g/mol. The molecule has 0 bridgehead atoms. The van der Waals surface area contributed by atoms with Crippen molar-refractivity contribution >= 4 is 34.0 Å². The lowest BCUT2D eigenvalue weighted by atomic mass is 10.0. The molecule has 0 aliphatic heterocycles. The highest BCUT2D eigenvalue weighted by Gasteiger charge is 2.12. The highest BCUT2D eigenvalue weighted by molar-refractivity contribution is 14.1. The van der Waals surface area contributed by atoms with E-state index < -0.39 is 0 Å². The van der Waals surface area contributed by atoms with E-state index in [2.05, 4.69) is 34.8 Å². The first-order valence-corrected chi connectivity index (χ1v) is 7.98. The van der Waals surface area contributed by atoms with Gasteiger partial charge in [0.1, 0.15) is 0 Å². The molecule has 0 atom stereocenters. The summed E-state index contributed by atoms with van der Waals surface area (Å²) in [4.78, 5) is 10.8. The molecule has 0 heterocycles. The van der Waals surface area contributed by atoms with Crippen molar-refractivity contribution in [3.8, 4) is 11.1 Å². The molecule has 2 aromatic carbocycles. The number of unbranched alkanes of at least 4 members (excludes halogenated alkanes) is 1. The molecule has 0 aromatic heterocycles. The van der Waals surface area contributed by atoms with Crippen molar-refractivity contribution in [1.29, 1.82) is 0 Å². The second kappa shape index (κ2) is 7.40. The number of hydrogen-bond acceptors (Lipinski definition) is 3. The molecule has 0 radical (unpaired) electrons. The standard InChI is InChI=1S/C16H17IN2O2/c1-2-3-8-18-13-9-12(10-14(11-13)19(20)21)15-6-4-5-7-16(15)17/h4-7,9-11,18H,2-3,8H2,1H3. The molecule has 0 amide bonds. The van der Waals surface area contributed by atoms with Crippen LogP contribution in [-0.2, 0) is 0 Å². The van der Waals surface area contributed by atoms with Gasteiger partial charge in [-0.25, -0.2) is 0 Å². The van der Waals surface area contributed by atoms with Crippen LogP contribution in [0.1, 0.15) is 19.8 Å². The number of hydrogen-bond donors (Lipinski definition) is 1. The summed E-state index contributed by atoms with van der Waals surface area (Å²) in [5.41, 5.74) is 2.80. The lowest BCUT2D eigenvalue weighted by Crippen LogP contribution is -2.02.